The molecule has 2 heteroatoms. The molecule has 0 aromatic rings. The third-order valence-corrected chi connectivity index (χ3v) is 15.1. The maximum absolute atomic E-state index is 3.90. The van der Waals surface area contributed by atoms with E-state index in [0.717, 1.165) is 17.0 Å². The van der Waals surface area contributed by atoms with E-state index in [1.54, 1.807) is 0 Å². The molecule has 0 heterocycles. The van der Waals surface area contributed by atoms with Crippen LogP contribution in [0.25, 0.3) is 0 Å². The molecule has 0 amide bonds. The standard InChI is InChI=1S/C27H47P2/c1-21(29(26(2,3)4)27(5,6)7)24-19-14-20-25(24)28(22-15-10-8-11-16-22)23-17-12-9-13-18-23/h14,20-24H,8-13,15-18H2,1-7H3. The quantitative estimate of drug-likeness (QED) is 0.379. The van der Waals surface area contributed by atoms with Gasteiger partial charge >= 0.3 is 0 Å². The van der Waals surface area contributed by atoms with E-state index in [0.29, 0.717) is 16.2 Å². The van der Waals surface area contributed by atoms with Crippen LogP contribution in [0.15, 0.2) is 17.5 Å². The average molecular weight is 434 g/mol. The smallest absolute Gasteiger partial charge is 0.0162 e. The zero-order chi connectivity index (χ0) is 21.2. The van der Waals surface area contributed by atoms with Crippen LogP contribution in [-0.4, -0.2) is 27.3 Å². The Balaban J connectivity index is 1.89. The summed E-state index contributed by atoms with van der Waals surface area (Å²) in [4.78, 5) is 0. The minimum Gasteiger partial charge on any atom is -0.0918 e. The van der Waals surface area contributed by atoms with Crippen LogP contribution in [0.1, 0.15) is 113 Å². The van der Waals surface area contributed by atoms with E-state index in [1.165, 1.54) is 64.2 Å². The maximum Gasteiger partial charge on any atom is 0.0162 e. The lowest BCUT2D eigenvalue weighted by Gasteiger charge is -2.49. The number of hydrogen-bond donors (Lipinski definition) is 0. The van der Waals surface area contributed by atoms with E-state index in [2.05, 4.69) is 66.7 Å². The molecular weight excluding hydrogens is 386 g/mol. The Kier molecular flexibility index (Phi) is 8.16. The van der Waals surface area contributed by atoms with E-state index in [1.807, 2.05) is 5.31 Å². The van der Waals surface area contributed by atoms with Crippen LogP contribution in [0.3, 0.4) is 0 Å². The van der Waals surface area contributed by atoms with Crippen LogP contribution in [0.5, 0.6) is 0 Å². The fourth-order valence-corrected chi connectivity index (χ4v) is 16.1. The van der Waals surface area contributed by atoms with Crippen molar-refractivity contribution in [2.75, 3.05) is 0 Å². The van der Waals surface area contributed by atoms with Crippen molar-refractivity contribution in [3.8, 4) is 0 Å². The molecule has 29 heavy (non-hydrogen) atoms. The molecule has 1 radical (unpaired) electrons. The predicted octanol–water partition coefficient (Wildman–Crippen LogP) is 9.47. The summed E-state index contributed by atoms with van der Waals surface area (Å²) >= 11 is 0. The highest BCUT2D eigenvalue weighted by molar-refractivity contribution is 7.64. The lowest BCUT2D eigenvalue weighted by atomic mass is 9.99. The van der Waals surface area contributed by atoms with Gasteiger partial charge in [-0.3, -0.25) is 0 Å². The van der Waals surface area contributed by atoms with Crippen LogP contribution < -0.4 is 0 Å². The van der Waals surface area contributed by atoms with Gasteiger partial charge in [-0.05, 0) is 64.4 Å². The second-order valence-corrected chi connectivity index (χ2v) is 18.9. The van der Waals surface area contributed by atoms with Gasteiger partial charge < -0.3 is 0 Å². The second-order valence-electron chi connectivity index (χ2n) is 11.8. The summed E-state index contributed by atoms with van der Waals surface area (Å²) in [6, 6.07) is 0. The molecule has 2 unspecified atom stereocenters. The SMILES string of the molecule is CC(C1[C]=CC=C1P(C1CCCCC1)C1CCCCC1)P(C(C)(C)C)C(C)(C)C. The predicted molar refractivity (Wildman–Crippen MR) is 136 cm³/mol. The van der Waals surface area contributed by atoms with Crippen LogP contribution in [0.2, 0.25) is 0 Å². The summed E-state index contributed by atoms with van der Waals surface area (Å²) in [7, 11) is -0.103. The average Bonchev–Trinajstić information content (AvgIpc) is 3.11. The first-order valence-corrected chi connectivity index (χ1v) is 15.4. The van der Waals surface area contributed by atoms with Gasteiger partial charge in [0.25, 0.3) is 0 Å². The molecule has 0 aromatic carbocycles. The first kappa shape index (κ1) is 24.0. The lowest BCUT2D eigenvalue weighted by Crippen LogP contribution is -2.34. The zero-order valence-electron chi connectivity index (χ0n) is 20.4. The Morgan fingerprint density at radius 3 is 1.66 bits per heavy atom. The Morgan fingerprint density at radius 1 is 0.793 bits per heavy atom. The Morgan fingerprint density at radius 2 is 1.24 bits per heavy atom. The van der Waals surface area contributed by atoms with Crippen LogP contribution >= 0.6 is 15.8 Å². The third-order valence-electron chi connectivity index (χ3n) is 7.42. The molecule has 0 N–H and O–H groups in total. The van der Waals surface area contributed by atoms with E-state index in [-0.39, 0.29) is 15.8 Å². The molecule has 2 fully saturated rings. The van der Waals surface area contributed by atoms with Gasteiger partial charge in [0.15, 0.2) is 0 Å². The normalized spacial score (nSPS) is 26.4. The van der Waals surface area contributed by atoms with Crippen molar-refractivity contribution < 1.29 is 0 Å². The molecule has 3 rings (SSSR count). The van der Waals surface area contributed by atoms with Crippen molar-refractivity contribution in [2.45, 2.75) is 140 Å². The van der Waals surface area contributed by atoms with Gasteiger partial charge in [0.05, 0.1) is 0 Å². The molecule has 165 valence electrons. The second kappa shape index (κ2) is 9.86. The number of rotatable bonds is 5. The van der Waals surface area contributed by atoms with Gasteiger partial charge in [-0.2, -0.15) is 0 Å². The molecule has 0 saturated heterocycles. The minimum absolute atomic E-state index is 0.0114. The summed E-state index contributed by atoms with van der Waals surface area (Å²) in [5, 5.41) is 2.65. The summed E-state index contributed by atoms with van der Waals surface area (Å²) in [6.45, 7) is 17.5. The van der Waals surface area contributed by atoms with Gasteiger partial charge in [0, 0.05) is 5.92 Å². The lowest BCUT2D eigenvalue weighted by molar-refractivity contribution is 0.484. The Hall–Kier alpha value is 0.340. The maximum atomic E-state index is 3.90. The molecule has 0 nitrogen and oxygen atoms in total. The van der Waals surface area contributed by atoms with Crippen LogP contribution in [0.4, 0.5) is 0 Å². The van der Waals surface area contributed by atoms with E-state index < -0.39 is 0 Å². The van der Waals surface area contributed by atoms with Crippen molar-refractivity contribution in [3.63, 3.8) is 0 Å². The molecule has 0 aliphatic heterocycles. The van der Waals surface area contributed by atoms with E-state index in [9.17, 15) is 0 Å². The van der Waals surface area contributed by atoms with E-state index >= 15 is 0 Å². The van der Waals surface area contributed by atoms with Gasteiger partial charge in [-0.15, -0.1) is 0 Å². The van der Waals surface area contributed by atoms with Crippen molar-refractivity contribution in [2.24, 2.45) is 5.92 Å². The molecule has 2 saturated carbocycles. The zero-order valence-corrected chi connectivity index (χ0v) is 22.2. The van der Waals surface area contributed by atoms with Gasteiger partial charge in [-0.25, -0.2) is 0 Å². The summed E-state index contributed by atoms with van der Waals surface area (Å²) in [6.07, 6.45) is 23.7. The minimum atomic E-state index is -0.114. The summed E-state index contributed by atoms with van der Waals surface area (Å²) < 4.78 is 0. The van der Waals surface area contributed by atoms with Crippen molar-refractivity contribution in [1.29, 1.82) is 0 Å². The van der Waals surface area contributed by atoms with E-state index in [4.69, 9.17) is 0 Å². The molecule has 2 atom stereocenters. The number of allylic oxidation sites excluding steroid dienone is 4. The number of hydrogen-bond acceptors (Lipinski definition) is 0. The largest absolute Gasteiger partial charge is 0.0918 e. The van der Waals surface area contributed by atoms with Gasteiger partial charge in [0.2, 0.25) is 0 Å². The van der Waals surface area contributed by atoms with Crippen molar-refractivity contribution in [3.05, 3.63) is 23.5 Å². The summed E-state index contributed by atoms with van der Waals surface area (Å²) in [5.41, 5.74) is 2.74. The van der Waals surface area contributed by atoms with Crippen LogP contribution in [-0.2, 0) is 0 Å². The van der Waals surface area contributed by atoms with Gasteiger partial charge in [0.1, 0.15) is 0 Å². The third kappa shape index (κ3) is 5.78. The first-order valence-electron chi connectivity index (χ1n) is 12.5. The molecule has 3 aliphatic carbocycles. The highest BCUT2D eigenvalue weighted by atomic mass is 31.1. The summed E-state index contributed by atoms with van der Waals surface area (Å²) in [5.74, 6) is 0.592. The molecule has 0 spiro atoms. The van der Waals surface area contributed by atoms with Crippen molar-refractivity contribution >= 4 is 15.8 Å². The molecule has 0 aromatic heterocycles. The highest BCUT2D eigenvalue weighted by Gasteiger charge is 2.44. The topological polar surface area (TPSA) is 0 Å². The highest BCUT2D eigenvalue weighted by Crippen LogP contribution is 2.69. The molecule has 0 bridgehead atoms. The molecular formula is C27H47P2. The fourth-order valence-electron chi connectivity index (χ4n) is 6.87. The van der Waals surface area contributed by atoms with Crippen molar-refractivity contribution in [1.82, 2.24) is 0 Å². The van der Waals surface area contributed by atoms with Gasteiger partial charge in [-0.1, -0.05) is 115 Å². The first-order chi connectivity index (χ1) is 13.6. The fraction of sp³-hybridized carbons (Fsp3) is 0.852. The Labute approximate surface area is 185 Å². The molecule has 3 aliphatic rings. The monoisotopic (exact) mass is 433 g/mol. The Bertz CT molecular complexity index is 545. The van der Waals surface area contributed by atoms with Crippen LogP contribution in [0, 0.1) is 12.0 Å².